The smallest absolute Gasteiger partial charge is 0.748 e. The van der Waals surface area contributed by atoms with Gasteiger partial charge in [0.2, 0.25) is 0 Å². The summed E-state index contributed by atoms with van der Waals surface area (Å²) in [6, 6.07) is 0. The van der Waals surface area contributed by atoms with Crippen LogP contribution in [0.15, 0.2) is 12.2 Å². The van der Waals surface area contributed by atoms with Gasteiger partial charge in [-0.1, -0.05) is 116 Å². The van der Waals surface area contributed by atoms with E-state index in [2.05, 4.69) is 6.92 Å². The van der Waals surface area contributed by atoms with Crippen molar-refractivity contribution in [2.75, 3.05) is 19.0 Å². The van der Waals surface area contributed by atoms with E-state index in [1.54, 1.807) is 0 Å². The van der Waals surface area contributed by atoms with Gasteiger partial charge < -0.3 is 14.0 Å². The SMILES string of the molecule is CCCCCCCCCCCCCCCCCCCCOC(=O)/C=C\C(=O)OCCCS(=O)(=O)[O-].[Na+]. The minimum Gasteiger partial charge on any atom is -0.748 e. The zero-order chi connectivity index (χ0) is 26.0. The first-order valence-electron chi connectivity index (χ1n) is 13.8. The van der Waals surface area contributed by atoms with Crippen LogP contribution in [0.25, 0.3) is 0 Å². The van der Waals surface area contributed by atoms with Crippen LogP contribution in [-0.2, 0) is 29.2 Å². The molecule has 0 aliphatic heterocycles. The number of hydrogen-bond donors (Lipinski definition) is 0. The average molecular weight is 541 g/mol. The van der Waals surface area contributed by atoms with Crippen LogP contribution in [0.5, 0.6) is 0 Å². The largest absolute Gasteiger partial charge is 1.00 e. The standard InChI is InChI=1S/C27H50O7S.Na/c1-2-3-4-5-6-7-8-9-10-11-12-13-14-15-16-17-18-19-23-33-26(28)21-22-27(29)34-24-20-25-35(30,31)32;/h21-22H,2-20,23-25H2,1H3,(H,30,31,32);/q;+1/p-1/b22-21-;. The third-order valence-corrected chi connectivity index (χ3v) is 6.67. The molecule has 0 fully saturated rings. The van der Waals surface area contributed by atoms with Crippen LogP contribution in [0.4, 0.5) is 0 Å². The van der Waals surface area contributed by atoms with Crippen molar-refractivity contribution in [1.29, 1.82) is 0 Å². The van der Waals surface area contributed by atoms with Crippen molar-refractivity contribution in [2.24, 2.45) is 0 Å². The van der Waals surface area contributed by atoms with Crippen LogP contribution in [0.1, 0.15) is 129 Å². The molecule has 0 unspecified atom stereocenters. The van der Waals surface area contributed by atoms with Gasteiger partial charge in [0.15, 0.2) is 0 Å². The molecule has 0 heterocycles. The molecule has 9 heteroatoms. The Bertz CT molecular complexity index is 651. The Kier molecular flexibility index (Phi) is 29.0. The molecule has 7 nitrogen and oxygen atoms in total. The van der Waals surface area contributed by atoms with Gasteiger partial charge in [-0.2, -0.15) is 0 Å². The third kappa shape index (κ3) is 31.6. The van der Waals surface area contributed by atoms with Crippen molar-refractivity contribution in [3.8, 4) is 0 Å². The molecule has 0 N–H and O–H groups in total. The summed E-state index contributed by atoms with van der Waals surface area (Å²) in [5.74, 6) is -1.99. The van der Waals surface area contributed by atoms with Gasteiger partial charge >= 0.3 is 41.5 Å². The molecule has 0 amide bonds. The van der Waals surface area contributed by atoms with Gasteiger partial charge in [-0.25, -0.2) is 18.0 Å². The summed E-state index contributed by atoms with van der Waals surface area (Å²) in [5, 5.41) is 0. The van der Waals surface area contributed by atoms with Crippen LogP contribution in [-0.4, -0.2) is 43.9 Å². The number of hydrogen-bond acceptors (Lipinski definition) is 7. The normalized spacial score (nSPS) is 11.4. The average Bonchev–Trinajstić information content (AvgIpc) is 2.81. The van der Waals surface area contributed by atoms with E-state index >= 15 is 0 Å². The molecule has 0 saturated heterocycles. The van der Waals surface area contributed by atoms with Crippen molar-refractivity contribution in [3.05, 3.63) is 12.2 Å². The molecule has 0 bridgehead atoms. The molecular weight excluding hydrogens is 491 g/mol. The first kappa shape index (κ1) is 37.7. The van der Waals surface area contributed by atoms with Gasteiger partial charge in [0.25, 0.3) is 0 Å². The second-order valence-corrected chi connectivity index (χ2v) is 10.8. The van der Waals surface area contributed by atoms with E-state index < -0.39 is 27.8 Å². The van der Waals surface area contributed by atoms with Crippen LogP contribution in [0, 0.1) is 0 Å². The Morgan fingerprint density at radius 1 is 0.583 bits per heavy atom. The molecule has 0 rings (SSSR count). The van der Waals surface area contributed by atoms with Crippen molar-refractivity contribution >= 4 is 22.1 Å². The second kappa shape index (κ2) is 27.6. The van der Waals surface area contributed by atoms with Gasteiger partial charge in [-0.3, -0.25) is 0 Å². The Labute approximate surface area is 242 Å². The van der Waals surface area contributed by atoms with E-state index in [0.29, 0.717) is 6.61 Å². The molecule has 206 valence electrons. The predicted octanol–water partition coefficient (Wildman–Crippen LogP) is 3.61. The minimum absolute atomic E-state index is 0. The number of unbranched alkanes of at least 4 members (excludes halogenated alkanes) is 17. The van der Waals surface area contributed by atoms with E-state index in [1.807, 2.05) is 0 Å². The van der Waals surface area contributed by atoms with Crippen LogP contribution in [0.3, 0.4) is 0 Å². The van der Waals surface area contributed by atoms with E-state index in [9.17, 15) is 22.6 Å². The Hall–Kier alpha value is -0.410. The number of carbonyl (C=O) groups excluding carboxylic acids is 2. The molecule has 0 aromatic rings. The summed E-state index contributed by atoms with van der Waals surface area (Å²) >= 11 is 0. The number of ether oxygens (including phenoxy) is 2. The monoisotopic (exact) mass is 540 g/mol. The fraction of sp³-hybridized carbons (Fsp3) is 0.852. The predicted molar refractivity (Wildman–Crippen MR) is 139 cm³/mol. The molecule has 0 aromatic carbocycles. The zero-order valence-electron chi connectivity index (χ0n) is 23.0. The first-order valence-corrected chi connectivity index (χ1v) is 15.4. The molecule has 0 radical (unpaired) electrons. The second-order valence-electron chi connectivity index (χ2n) is 9.29. The Balaban J connectivity index is 0. The number of rotatable bonds is 25. The minimum atomic E-state index is -4.31. The maximum atomic E-state index is 11.6. The Morgan fingerprint density at radius 2 is 0.889 bits per heavy atom. The summed E-state index contributed by atoms with van der Waals surface area (Å²) in [6.07, 6.45) is 25.2. The van der Waals surface area contributed by atoms with Gasteiger partial charge in [0.05, 0.1) is 23.3 Å². The fourth-order valence-corrected chi connectivity index (χ4v) is 4.29. The van der Waals surface area contributed by atoms with Crippen molar-refractivity contribution in [1.82, 2.24) is 0 Å². The topological polar surface area (TPSA) is 110 Å². The molecular formula is C27H49NaO7S. The quantitative estimate of drug-likeness (QED) is 0.0572. The van der Waals surface area contributed by atoms with Crippen LogP contribution in [0.2, 0.25) is 0 Å². The fourth-order valence-electron chi connectivity index (χ4n) is 3.82. The molecule has 0 saturated carbocycles. The van der Waals surface area contributed by atoms with Crippen molar-refractivity contribution in [2.45, 2.75) is 129 Å². The zero-order valence-corrected chi connectivity index (χ0v) is 25.8. The molecule has 0 atom stereocenters. The number of carbonyl (C=O) groups is 2. The van der Waals surface area contributed by atoms with E-state index in [-0.39, 0.29) is 42.6 Å². The molecule has 36 heavy (non-hydrogen) atoms. The maximum absolute atomic E-state index is 11.6. The van der Waals surface area contributed by atoms with E-state index in [1.165, 1.54) is 96.3 Å². The van der Waals surface area contributed by atoms with Crippen molar-refractivity contribution < 1.29 is 61.6 Å². The number of esters is 2. The summed E-state index contributed by atoms with van der Waals surface area (Å²) in [5.41, 5.74) is 0. The van der Waals surface area contributed by atoms with E-state index in [0.717, 1.165) is 31.4 Å². The molecule has 0 spiro atoms. The molecule has 0 aliphatic carbocycles. The maximum Gasteiger partial charge on any atom is 1.00 e. The molecule has 0 aliphatic rings. The molecule has 0 aromatic heterocycles. The first-order chi connectivity index (χ1) is 16.8. The van der Waals surface area contributed by atoms with E-state index in [4.69, 9.17) is 9.47 Å². The summed E-state index contributed by atoms with van der Waals surface area (Å²) in [6.45, 7) is 2.39. The van der Waals surface area contributed by atoms with Gasteiger partial charge in [-0.05, 0) is 12.8 Å². The van der Waals surface area contributed by atoms with Crippen LogP contribution >= 0.6 is 0 Å². The van der Waals surface area contributed by atoms with Crippen molar-refractivity contribution in [3.63, 3.8) is 0 Å². The van der Waals surface area contributed by atoms with Crippen LogP contribution < -0.4 is 29.6 Å². The summed E-state index contributed by atoms with van der Waals surface area (Å²) < 4.78 is 41.0. The van der Waals surface area contributed by atoms with Gasteiger partial charge in [-0.15, -0.1) is 0 Å². The van der Waals surface area contributed by atoms with Gasteiger partial charge in [0.1, 0.15) is 0 Å². The Morgan fingerprint density at radius 3 is 1.22 bits per heavy atom. The summed E-state index contributed by atoms with van der Waals surface area (Å²) in [4.78, 5) is 22.9. The summed E-state index contributed by atoms with van der Waals surface area (Å²) in [7, 11) is -4.31. The van der Waals surface area contributed by atoms with Gasteiger partial charge in [0, 0.05) is 17.9 Å². The third-order valence-electron chi connectivity index (χ3n) is 5.88.